The fourth-order valence-corrected chi connectivity index (χ4v) is 3.36. The molecule has 1 heterocycles. The van der Waals surface area contributed by atoms with E-state index in [4.69, 9.17) is 9.84 Å². The molecule has 0 aromatic heterocycles. The van der Waals surface area contributed by atoms with Gasteiger partial charge in [-0.25, -0.2) is 0 Å². The number of nitrogens with zero attached hydrogens (tertiary/aromatic N) is 1. The van der Waals surface area contributed by atoms with Crippen LogP contribution in [0.1, 0.15) is 38.5 Å². The molecular formula is C15H25NO4. The first-order valence-electron chi connectivity index (χ1n) is 7.63. The van der Waals surface area contributed by atoms with E-state index in [-0.39, 0.29) is 17.7 Å². The van der Waals surface area contributed by atoms with Crippen molar-refractivity contribution in [3.8, 4) is 0 Å². The van der Waals surface area contributed by atoms with E-state index in [2.05, 4.69) is 0 Å². The normalized spacial score (nSPS) is 28.1. The van der Waals surface area contributed by atoms with Crippen LogP contribution in [0.15, 0.2) is 0 Å². The van der Waals surface area contributed by atoms with E-state index in [1.54, 1.807) is 0 Å². The minimum atomic E-state index is -0.755. The number of ether oxygens (including phenoxy) is 1. The summed E-state index contributed by atoms with van der Waals surface area (Å²) in [7, 11) is 1.85. The van der Waals surface area contributed by atoms with Gasteiger partial charge in [0.25, 0.3) is 0 Å². The second-order valence-corrected chi connectivity index (χ2v) is 6.17. The number of carbonyl (C=O) groups excluding carboxylic acids is 1. The second kappa shape index (κ2) is 7.07. The maximum absolute atomic E-state index is 12.4. The maximum Gasteiger partial charge on any atom is 0.306 e. The van der Waals surface area contributed by atoms with Gasteiger partial charge >= 0.3 is 5.97 Å². The van der Waals surface area contributed by atoms with Crippen LogP contribution in [0.2, 0.25) is 0 Å². The lowest BCUT2D eigenvalue weighted by molar-refractivity contribution is -0.145. The highest BCUT2D eigenvalue weighted by Crippen LogP contribution is 2.30. The van der Waals surface area contributed by atoms with E-state index >= 15 is 0 Å². The van der Waals surface area contributed by atoms with Crippen LogP contribution in [0.4, 0.5) is 0 Å². The summed E-state index contributed by atoms with van der Waals surface area (Å²) < 4.78 is 5.33. The van der Waals surface area contributed by atoms with Crippen molar-refractivity contribution in [1.82, 2.24) is 4.90 Å². The number of aliphatic carboxylic acids is 1. The van der Waals surface area contributed by atoms with Gasteiger partial charge in [0.05, 0.1) is 5.92 Å². The van der Waals surface area contributed by atoms with Crippen molar-refractivity contribution in [3.05, 3.63) is 0 Å². The van der Waals surface area contributed by atoms with E-state index in [1.807, 2.05) is 11.9 Å². The van der Waals surface area contributed by atoms with Gasteiger partial charge in [-0.3, -0.25) is 9.59 Å². The van der Waals surface area contributed by atoms with Crippen LogP contribution in [-0.2, 0) is 14.3 Å². The Bertz CT molecular complexity index is 352. The maximum atomic E-state index is 12.4. The summed E-state index contributed by atoms with van der Waals surface area (Å²) in [5, 5.41) is 9.10. The molecule has 1 saturated carbocycles. The standard InChI is InChI=1S/C15H25NO4/c1-16(10-11-5-7-20-8-6-11)14(17)12-3-2-4-13(9-12)15(18)19/h11-13H,2-10H2,1H3,(H,18,19). The fraction of sp³-hybridized carbons (Fsp3) is 0.867. The first-order valence-corrected chi connectivity index (χ1v) is 7.63. The predicted molar refractivity (Wildman–Crippen MR) is 74.3 cm³/mol. The van der Waals surface area contributed by atoms with E-state index < -0.39 is 5.97 Å². The molecule has 1 saturated heterocycles. The molecule has 2 fully saturated rings. The van der Waals surface area contributed by atoms with Gasteiger partial charge in [-0.2, -0.15) is 0 Å². The summed E-state index contributed by atoms with van der Waals surface area (Å²) in [5.74, 6) is -0.544. The SMILES string of the molecule is CN(CC1CCOCC1)C(=O)C1CCCC(C(=O)O)C1. The van der Waals surface area contributed by atoms with E-state index in [0.717, 1.165) is 45.4 Å². The molecule has 1 aliphatic carbocycles. The van der Waals surface area contributed by atoms with Crippen molar-refractivity contribution in [1.29, 1.82) is 0 Å². The Morgan fingerprint density at radius 2 is 1.80 bits per heavy atom. The lowest BCUT2D eigenvalue weighted by Gasteiger charge is -2.32. The molecule has 2 aliphatic rings. The molecule has 0 spiro atoms. The monoisotopic (exact) mass is 283 g/mol. The molecule has 0 bridgehead atoms. The van der Waals surface area contributed by atoms with Gasteiger partial charge in [0, 0.05) is 32.7 Å². The van der Waals surface area contributed by atoms with Gasteiger partial charge in [0.15, 0.2) is 0 Å². The number of rotatable bonds is 4. The molecule has 5 nitrogen and oxygen atoms in total. The average Bonchev–Trinajstić information content (AvgIpc) is 2.47. The van der Waals surface area contributed by atoms with Gasteiger partial charge in [-0.1, -0.05) is 6.42 Å². The van der Waals surface area contributed by atoms with Gasteiger partial charge in [-0.15, -0.1) is 0 Å². The Labute approximate surface area is 120 Å². The Kier molecular flexibility index (Phi) is 5.40. The van der Waals surface area contributed by atoms with Crippen molar-refractivity contribution in [2.45, 2.75) is 38.5 Å². The van der Waals surface area contributed by atoms with Gasteiger partial charge in [0.2, 0.25) is 5.91 Å². The molecule has 5 heteroatoms. The summed E-state index contributed by atoms with van der Waals surface area (Å²) in [6.07, 6.45) is 4.92. The molecule has 2 unspecified atom stereocenters. The molecular weight excluding hydrogens is 258 g/mol. The van der Waals surface area contributed by atoms with Crippen LogP contribution in [0, 0.1) is 17.8 Å². The van der Waals surface area contributed by atoms with Crippen molar-refractivity contribution in [2.24, 2.45) is 17.8 Å². The van der Waals surface area contributed by atoms with Crippen LogP contribution < -0.4 is 0 Å². The number of hydrogen-bond acceptors (Lipinski definition) is 3. The van der Waals surface area contributed by atoms with Gasteiger partial charge < -0.3 is 14.7 Å². The van der Waals surface area contributed by atoms with Crippen molar-refractivity contribution in [2.75, 3.05) is 26.8 Å². The Hall–Kier alpha value is -1.10. The van der Waals surface area contributed by atoms with Crippen molar-refractivity contribution < 1.29 is 19.4 Å². The molecule has 20 heavy (non-hydrogen) atoms. The fourth-order valence-electron chi connectivity index (χ4n) is 3.36. The number of amides is 1. The third kappa shape index (κ3) is 3.95. The molecule has 0 aromatic rings. The zero-order valence-electron chi connectivity index (χ0n) is 12.2. The van der Waals surface area contributed by atoms with Crippen LogP contribution in [0.5, 0.6) is 0 Å². The van der Waals surface area contributed by atoms with E-state index in [9.17, 15) is 9.59 Å². The number of carboxylic acids is 1. The van der Waals surface area contributed by atoms with Gasteiger partial charge in [0.1, 0.15) is 0 Å². The molecule has 1 amide bonds. The number of carboxylic acid groups (broad SMARTS) is 1. The minimum Gasteiger partial charge on any atom is -0.481 e. The molecule has 1 aliphatic heterocycles. The van der Waals surface area contributed by atoms with Crippen molar-refractivity contribution >= 4 is 11.9 Å². The summed E-state index contributed by atoms with van der Waals surface area (Å²) in [5.41, 5.74) is 0. The summed E-state index contributed by atoms with van der Waals surface area (Å²) in [6.45, 7) is 2.35. The van der Waals surface area contributed by atoms with Crippen LogP contribution in [0.3, 0.4) is 0 Å². The zero-order chi connectivity index (χ0) is 14.5. The number of hydrogen-bond donors (Lipinski definition) is 1. The topological polar surface area (TPSA) is 66.8 Å². The summed E-state index contributed by atoms with van der Waals surface area (Å²) in [4.78, 5) is 25.3. The van der Waals surface area contributed by atoms with E-state index in [0.29, 0.717) is 18.8 Å². The lowest BCUT2D eigenvalue weighted by atomic mass is 9.80. The van der Waals surface area contributed by atoms with Crippen LogP contribution >= 0.6 is 0 Å². The number of carbonyl (C=O) groups is 2. The molecule has 2 atom stereocenters. The van der Waals surface area contributed by atoms with Crippen LogP contribution in [-0.4, -0.2) is 48.7 Å². The second-order valence-electron chi connectivity index (χ2n) is 6.17. The first-order chi connectivity index (χ1) is 9.58. The molecule has 2 rings (SSSR count). The highest BCUT2D eigenvalue weighted by atomic mass is 16.5. The largest absolute Gasteiger partial charge is 0.481 e. The Morgan fingerprint density at radius 1 is 1.15 bits per heavy atom. The molecule has 0 radical (unpaired) electrons. The van der Waals surface area contributed by atoms with Gasteiger partial charge in [-0.05, 0) is 38.0 Å². The van der Waals surface area contributed by atoms with Crippen LogP contribution in [0.25, 0.3) is 0 Å². The summed E-state index contributed by atoms with van der Waals surface area (Å²) >= 11 is 0. The highest BCUT2D eigenvalue weighted by molar-refractivity contribution is 5.80. The molecule has 1 N–H and O–H groups in total. The quantitative estimate of drug-likeness (QED) is 0.853. The zero-order valence-corrected chi connectivity index (χ0v) is 12.2. The molecule has 114 valence electrons. The Morgan fingerprint density at radius 3 is 2.45 bits per heavy atom. The summed E-state index contributed by atoms with van der Waals surface area (Å²) in [6, 6.07) is 0. The third-order valence-corrected chi connectivity index (χ3v) is 4.62. The Balaban J connectivity index is 1.84. The molecule has 0 aromatic carbocycles. The third-order valence-electron chi connectivity index (χ3n) is 4.62. The average molecular weight is 283 g/mol. The minimum absolute atomic E-state index is 0.102. The lowest BCUT2D eigenvalue weighted by Crippen LogP contribution is -2.40. The van der Waals surface area contributed by atoms with Crippen molar-refractivity contribution in [3.63, 3.8) is 0 Å². The smallest absolute Gasteiger partial charge is 0.306 e. The van der Waals surface area contributed by atoms with E-state index in [1.165, 1.54) is 0 Å². The predicted octanol–water partition coefficient (Wildman–Crippen LogP) is 1.76. The first kappa shape index (κ1) is 15.3. The highest BCUT2D eigenvalue weighted by Gasteiger charge is 2.33.